The summed E-state index contributed by atoms with van der Waals surface area (Å²) in [6.07, 6.45) is 11.9. The Morgan fingerprint density at radius 3 is 2.68 bits per heavy atom. The van der Waals surface area contributed by atoms with Crippen LogP contribution in [0.3, 0.4) is 0 Å². The molecule has 1 heterocycles. The van der Waals surface area contributed by atoms with Crippen molar-refractivity contribution >= 4 is 5.91 Å². The second-order valence-corrected chi connectivity index (χ2v) is 7.55. The molecule has 1 saturated carbocycles. The molecule has 25 heavy (non-hydrogen) atoms. The summed E-state index contributed by atoms with van der Waals surface area (Å²) in [5, 5.41) is 3.27. The van der Waals surface area contributed by atoms with Crippen LogP contribution < -0.4 is 14.8 Å². The number of rotatable bonds is 4. The number of fused-ring (bicyclic) bond motifs is 1. The van der Waals surface area contributed by atoms with Crippen molar-refractivity contribution in [2.75, 3.05) is 19.8 Å². The van der Waals surface area contributed by atoms with Crippen LogP contribution in [0, 0.1) is 5.92 Å². The lowest BCUT2D eigenvalue weighted by Gasteiger charge is -2.32. The zero-order valence-electron chi connectivity index (χ0n) is 14.8. The summed E-state index contributed by atoms with van der Waals surface area (Å²) in [4.78, 5) is 12.6. The van der Waals surface area contributed by atoms with Gasteiger partial charge in [-0.05, 0) is 49.8 Å². The fourth-order valence-electron chi connectivity index (χ4n) is 4.42. The molecular weight excluding hydrogens is 314 g/mol. The van der Waals surface area contributed by atoms with E-state index in [2.05, 4.69) is 29.6 Å². The molecule has 134 valence electrons. The number of hydrogen-bond acceptors (Lipinski definition) is 3. The molecule has 0 radical (unpaired) electrons. The summed E-state index contributed by atoms with van der Waals surface area (Å²) in [5.41, 5.74) is 1.31. The number of amides is 1. The molecule has 0 saturated heterocycles. The SMILES string of the molecule is O=C(NCC1(c2ccc3c(c2)OCCO3)CCCC1)C1CC=CCC1. The summed E-state index contributed by atoms with van der Waals surface area (Å²) in [6, 6.07) is 6.32. The normalized spacial score (nSPS) is 24.1. The Hall–Kier alpha value is -1.97. The van der Waals surface area contributed by atoms with Crippen molar-refractivity contribution < 1.29 is 14.3 Å². The molecular formula is C21H27NO3. The van der Waals surface area contributed by atoms with E-state index in [0.717, 1.165) is 50.1 Å². The first-order chi connectivity index (χ1) is 12.3. The predicted octanol–water partition coefficient (Wildman–Crippen LogP) is 3.74. The first-order valence-corrected chi connectivity index (χ1v) is 9.60. The lowest BCUT2D eigenvalue weighted by molar-refractivity contribution is -0.125. The van der Waals surface area contributed by atoms with Gasteiger partial charge in [-0.2, -0.15) is 0 Å². The largest absolute Gasteiger partial charge is 0.486 e. The number of hydrogen-bond donors (Lipinski definition) is 1. The van der Waals surface area contributed by atoms with Crippen LogP contribution in [-0.4, -0.2) is 25.7 Å². The first-order valence-electron chi connectivity index (χ1n) is 9.60. The minimum atomic E-state index is 0.0377. The fourth-order valence-corrected chi connectivity index (χ4v) is 4.42. The molecule has 1 amide bonds. The molecule has 4 rings (SSSR count). The van der Waals surface area contributed by atoms with Gasteiger partial charge in [-0.3, -0.25) is 4.79 Å². The van der Waals surface area contributed by atoms with Crippen molar-refractivity contribution in [1.82, 2.24) is 5.32 Å². The minimum Gasteiger partial charge on any atom is -0.486 e. The van der Waals surface area contributed by atoms with Crippen LogP contribution >= 0.6 is 0 Å². The van der Waals surface area contributed by atoms with Crippen LogP contribution in [0.15, 0.2) is 30.4 Å². The van der Waals surface area contributed by atoms with Gasteiger partial charge in [0.05, 0.1) is 0 Å². The zero-order chi connectivity index (χ0) is 17.1. The van der Waals surface area contributed by atoms with Crippen LogP contribution in [0.1, 0.15) is 50.5 Å². The van der Waals surface area contributed by atoms with Gasteiger partial charge in [0.15, 0.2) is 11.5 Å². The van der Waals surface area contributed by atoms with Crippen molar-refractivity contribution in [3.05, 3.63) is 35.9 Å². The lowest BCUT2D eigenvalue weighted by atomic mass is 9.78. The third-order valence-corrected chi connectivity index (χ3v) is 5.96. The molecule has 0 bridgehead atoms. The maximum absolute atomic E-state index is 12.6. The third-order valence-electron chi connectivity index (χ3n) is 5.96. The van der Waals surface area contributed by atoms with Gasteiger partial charge in [-0.25, -0.2) is 0 Å². The highest BCUT2D eigenvalue weighted by atomic mass is 16.6. The van der Waals surface area contributed by atoms with Gasteiger partial charge in [-0.15, -0.1) is 0 Å². The van der Waals surface area contributed by atoms with Gasteiger partial charge >= 0.3 is 0 Å². The Kier molecular flexibility index (Phi) is 4.69. The number of nitrogens with one attached hydrogen (secondary N) is 1. The zero-order valence-corrected chi connectivity index (χ0v) is 14.8. The number of carbonyl (C=O) groups is 1. The summed E-state index contributed by atoms with van der Waals surface area (Å²) in [6.45, 7) is 1.95. The van der Waals surface area contributed by atoms with Gasteiger partial charge in [0.1, 0.15) is 13.2 Å². The molecule has 1 fully saturated rings. The van der Waals surface area contributed by atoms with E-state index in [1.165, 1.54) is 18.4 Å². The molecule has 1 aromatic carbocycles. The van der Waals surface area contributed by atoms with Gasteiger partial charge in [0.25, 0.3) is 0 Å². The standard InChI is InChI=1S/C21H27NO3/c23-20(16-6-2-1-3-7-16)22-15-21(10-4-5-11-21)17-8-9-18-19(14-17)25-13-12-24-18/h1-2,8-9,14,16H,3-7,10-13,15H2,(H,22,23). The molecule has 1 aromatic rings. The molecule has 1 atom stereocenters. The molecule has 4 nitrogen and oxygen atoms in total. The monoisotopic (exact) mass is 341 g/mol. The predicted molar refractivity (Wildman–Crippen MR) is 97.1 cm³/mol. The van der Waals surface area contributed by atoms with Crippen molar-refractivity contribution in [2.24, 2.45) is 5.92 Å². The van der Waals surface area contributed by atoms with Gasteiger partial charge in [0, 0.05) is 17.9 Å². The topological polar surface area (TPSA) is 47.6 Å². The Balaban J connectivity index is 1.49. The summed E-state index contributed by atoms with van der Waals surface area (Å²) in [7, 11) is 0. The highest BCUT2D eigenvalue weighted by Crippen LogP contribution is 2.44. The molecule has 3 aliphatic rings. The van der Waals surface area contributed by atoms with Crippen LogP contribution in [0.25, 0.3) is 0 Å². The quantitative estimate of drug-likeness (QED) is 0.849. The average Bonchev–Trinajstić information content (AvgIpc) is 3.16. The van der Waals surface area contributed by atoms with Gasteiger partial charge in [0.2, 0.25) is 5.91 Å². The van der Waals surface area contributed by atoms with E-state index in [4.69, 9.17) is 9.47 Å². The molecule has 0 spiro atoms. The highest BCUT2D eigenvalue weighted by molar-refractivity contribution is 5.79. The van der Waals surface area contributed by atoms with Crippen molar-refractivity contribution in [3.63, 3.8) is 0 Å². The minimum absolute atomic E-state index is 0.0377. The van der Waals surface area contributed by atoms with Gasteiger partial charge < -0.3 is 14.8 Å². The Morgan fingerprint density at radius 2 is 1.92 bits per heavy atom. The molecule has 1 aliphatic heterocycles. The second kappa shape index (κ2) is 7.11. The summed E-state index contributed by atoms with van der Waals surface area (Å²) >= 11 is 0. The van der Waals surface area contributed by atoms with Crippen molar-refractivity contribution in [1.29, 1.82) is 0 Å². The third kappa shape index (κ3) is 3.39. The molecule has 1 unspecified atom stereocenters. The smallest absolute Gasteiger partial charge is 0.223 e. The molecule has 0 aromatic heterocycles. The highest BCUT2D eigenvalue weighted by Gasteiger charge is 2.37. The summed E-state index contributed by atoms with van der Waals surface area (Å²) < 4.78 is 11.4. The number of benzene rings is 1. The fraction of sp³-hybridized carbons (Fsp3) is 0.571. The van der Waals surface area contributed by atoms with Crippen LogP contribution in [-0.2, 0) is 10.2 Å². The van der Waals surface area contributed by atoms with E-state index in [1.54, 1.807) is 0 Å². The maximum Gasteiger partial charge on any atom is 0.223 e. The average molecular weight is 341 g/mol. The van der Waals surface area contributed by atoms with Crippen LogP contribution in [0.2, 0.25) is 0 Å². The van der Waals surface area contributed by atoms with E-state index in [1.807, 2.05) is 6.07 Å². The molecule has 2 aliphatic carbocycles. The van der Waals surface area contributed by atoms with E-state index >= 15 is 0 Å². The lowest BCUT2D eigenvalue weighted by Crippen LogP contribution is -2.41. The molecule has 1 N–H and O–H groups in total. The van der Waals surface area contributed by atoms with E-state index in [-0.39, 0.29) is 17.2 Å². The number of ether oxygens (including phenoxy) is 2. The Bertz CT molecular complexity index is 661. The number of carbonyl (C=O) groups excluding carboxylic acids is 1. The van der Waals surface area contributed by atoms with Gasteiger partial charge in [-0.1, -0.05) is 31.1 Å². The van der Waals surface area contributed by atoms with Crippen molar-refractivity contribution in [3.8, 4) is 11.5 Å². The van der Waals surface area contributed by atoms with Crippen molar-refractivity contribution in [2.45, 2.75) is 50.4 Å². The maximum atomic E-state index is 12.6. The second-order valence-electron chi connectivity index (χ2n) is 7.55. The van der Waals surface area contributed by atoms with E-state index in [9.17, 15) is 4.79 Å². The van der Waals surface area contributed by atoms with Crippen LogP contribution in [0.4, 0.5) is 0 Å². The Morgan fingerprint density at radius 1 is 1.12 bits per heavy atom. The van der Waals surface area contributed by atoms with Crippen LogP contribution in [0.5, 0.6) is 11.5 Å². The van der Waals surface area contributed by atoms with E-state index in [0.29, 0.717) is 13.2 Å². The Labute approximate surface area is 149 Å². The van der Waals surface area contributed by atoms with E-state index < -0.39 is 0 Å². The number of allylic oxidation sites excluding steroid dienone is 2. The first kappa shape index (κ1) is 16.5. The molecule has 4 heteroatoms. The summed E-state index contributed by atoms with van der Waals surface area (Å²) in [5.74, 6) is 2.04.